The summed E-state index contributed by atoms with van der Waals surface area (Å²) < 4.78 is 4.83. The fourth-order valence-corrected chi connectivity index (χ4v) is 3.30. The van der Waals surface area contributed by atoms with Crippen molar-refractivity contribution in [3.05, 3.63) is 48.2 Å². The Morgan fingerprint density at radius 2 is 1.79 bits per heavy atom. The first-order chi connectivity index (χ1) is 11.6. The van der Waals surface area contributed by atoms with E-state index in [2.05, 4.69) is 4.98 Å². The van der Waals surface area contributed by atoms with Crippen molar-refractivity contribution >= 4 is 17.4 Å². The Labute approximate surface area is 140 Å². The zero-order valence-electron chi connectivity index (χ0n) is 13.6. The Hall–Kier alpha value is -2.69. The molecule has 0 bridgehead atoms. The van der Waals surface area contributed by atoms with E-state index in [1.807, 2.05) is 18.2 Å². The van der Waals surface area contributed by atoms with Gasteiger partial charge in [0.15, 0.2) is 5.78 Å². The van der Waals surface area contributed by atoms with Crippen molar-refractivity contribution < 1.29 is 14.3 Å². The second-order valence-corrected chi connectivity index (χ2v) is 6.09. The first kappa shape index (κ1) is 16.2. The number of carbonyl (C=O) groups excluding carboxylic acids is 2. The van der Waals surface area contributed by atoms with Crippen molar-refractivity contribution in [1.29, 1.82) is 0 Å². The second kappa shape index (κ2) is 6.83. The van der Waals surface area contributed by atoms with Crippen molar-refractivity contribution in [1.82, 2.24) is 4.98 Å². The van der Waals surface area contributed by atoms with Gasteiger partial charge in [-0.3, -0.25) is 14.6 Å². The standard InChI is InChI=1S/C19H20N2O3/c1-24-19(23)16-4-2-3-15(16)18(22)13-7-5-12(6-8-13)17-10-9-14(20)11-21-17/h5-11,15-16H,2-4,20H2,1H3/t15-,16-/m1/s1. The molecule has 124 valence electrons. The number of pyridine rings is 1. The van der Waals surface area contributed by atoms with Gasteiger partial charge in [0.1, 0.15) is 0 Å². The molecule has 0 saturated heterocycles. The topological polar surface area (TPSA) is 82.3 Å². The highest BCUT2D eigenvalue weighted by molar-refractivity contribution is 6.00. The monoisotopic (exact) mass is 324 g/mol. The van der Waals surface area contributed by atoms with Crippen molar-refractivity contribution in [2.75, 3.05) is 12.8 Å². The molecule has 3 rings (SSSR count). The van der Waals surface area contributed by atoms with Gasteiger partial charge in [-0.05, 0) is 25.0 Å². The fourth-order valence-electron chi connectivity index (χ4n) is 3.30. The third-order valence-corrected chi connectivity index (χ3v) is 4.61. The number of ketones is 1. The van der Waals surface area contributed by atoms with Crippen molar-refractivity contribution in [2.45, 2.75) is 19.3 Å². The second-order valence-electron chi connectivity index (χ2n) is 6.09. The summed E-state index contributed by atoms with van der Waals surface area (Å²) >= 11 is 0. The molecule has 5 heteroatoms. The molecule has 5 nitrogen and oxygen atoms in total. The number of rotatable bonds is 4. The number of ether oxygens (including phenoxy) is 1. The minimum absolute atomic E-state index is 0.0136. The van der Waals surface area contributed by atoms with E-state index in [1.54, 1.807) is 24.4 Å². The lowest BCUT2D eigenvalue weighted by atomic mass is 9.88. The van der Waals surface area contributed by atoms with Crippen LogP contribution in [-0.2, 0) is 9.53 Å². The average Bonchev–Trinajstić information content (AvgIpc) is 3.11. The molecule has 1 fully saturated rings. The maximum absolute atomic E-state index is 12.7. The van der Waals surface area contributed by atoms with Gasteiger partial charge in [0.05, 0.1) is 30.6 Å². The maximum Gasteiger partial charge on any atom is 0.309 e. The van der Waals surface area contributed by atoms with Crippen LogP contribution in [0.3, 0.4) is 0 Å². The molecule has 2 atom stereocenters. The van der Waals surface area contributed by atoms with Crippen LogP contribution in [0.15, 0.2) is 42.6 Å². The SMILES string of the molecule is COC(=O)[C@@H]1CCC[C@H]1C(=O)c1ccc(-c2ccc(N)cn2)cc1. The Bertz CT molecular complexity index is 738. The Morgan fingerprint density at radius 3 is 2.42 bits per heavy atom. The molecule has 1 aliphatic carbocycles. The molecule has 24 heavy (non-hydrogen) atoms. The molecule has 1 saturated carbocycles. The molecule has 0 radical (unpaired) electrons. The zero-order valence-corrected chi connectivity index (χ0v) is 13.6. The van der Waals surface area contributed by atoms with Crippen LogP contribution in [-0.4, -0.2) is 23.8 Å². The minimum atomic E-state index is -0.319. The first-order valence-electron chi connectivity index (χ1n) is 8.04. The van der Waals surface area contributed by atoms with Crippen LogP contribution in [0, 0.1) is 11.8 Å². The molecule has 0 unspecified atom stereocenters. The van der Waals surface area contributed by atoms with E-state index in [-0.39, 0.29) is 23.6 Å². The summed E-state index contributed by atoms with van der Waals surface area (Å²) in [5.74, 6) is -0.868. The summed E-state index contributed by atoms with van der Waals surface area (Å²) in [7, 11) is 1.37. The van der Waals surface area contributed by atoms with Crippen LogP contribution in [0.5, 0.6) is 0 Å². The van der Waals surface area contributed by atoms with Crippen molar-refractivity contribution in [3.8, 4) is 11.3 Å². The molecule has 1 aliphatic rings. The van der Waals surface area contributed by atoms with E-state index in [9.17, 15) is 9.59 Å². The number of methoxy groups -OCH3 is 1. The number of aromatic nitrogens is 1. The predicted octanol–water partition coefficient (Wildman–Crippen LogP) is 3.10. The number of hydrogen-bond acceptors (Lipinski definition) is 5. The fraction of sp³-hybridized carbons (Fsp3) is 0.316. The van der Waals surface area contributed by atoms with Gasteiger partial charge < -0.3 is 10.5 Å². The van der Waals surface area contributed by atoms with Crippen LogP contribution in [0.4, 0.5) is 5.69 Å². The predicted molar refractivity (Wildman–Crippen MR) is 91.3 cm³/mol. The number of anilines is 1. The average molecular weight is 324 g/mol. The molecule has 2 N–H and O–H groups in total. The third kappa shape index (κ3) is 3.15. The summed E-state index contributed by atoms with van der Waals surface area (Å²) in [6.45, 7) is 0. The quantitative estimate of drug-likeness (QED) is 0.690. The Kier molecular flexibility index (Phi) is 4.60. The van der Waals surface area contributed by atoms with Gasteiger partial charge in [-0.15, -0.1) is 0 Å². The summed E-state index contributed by atoms with van der Waals surface area (Å²) in [4.78, 5) is 28.8. The highest BCUT2D eigenvalue weighted by Gasteiger charge is 2.38. The van der Waals surface area contributed by atoms with E-state index >= 15 is 0 Å². The molecular formula is C19H20N2O3. The molecule has 0 aliphatic heterocycles. The van der Waals surface area contributed by atoms with Crippen LogP contribution in [0.2, 0.25) is 0 Å². The molecule has 1 heterocycles. The largest absolute Gasteiger partial charge is 0.469 e. The van der Waals surface area contributed by atoms with E-state index in [1.165, 1.54) is 7.11 Å². The first-order valence-corrected chi connectivity index (χ1v) is 8.04. The van der Waals surface area contributed by atoms with Gasteiger partial charge in [-0.1, -0.05) is 30.7 Å². The van der Waals surface area contributed by atoms with Gasteiger partial charge >= 0.3 is 5.97 Å². The highest BCUT2D eigenvalue weighted by atomic mass is 16.5. The normalized spacial score (nSPS) is 19.9. The van der Waals surface area contributed by atoms with Gasteiger partial charge in [0.2, 0.25) is 0 Å². The van der Waals surface area contributed by atoms with Crippen LogP contribution >= 0.6 is 0 Å². The van der Waals surface area contributed by atoms with E-state index in [0.29, 0.717) is 11.3 Å². The Balaban J connectivity index is 1.79. The van der Waals surface area contributed by atoms with Gasteiger partial charge in [0.25, 0.3) is 0 Å². The highest BCUT2D eigenvalue weighted by Crippen LogP contribution is 2.35. The molecule has 1 aromatic carbocycles. The van der Waals surface area contributed by atoms with Crippen molar-refractivity contribution in [2.24, 2.45) is 11.8 Å². The van der Waals surface area contributed by atoms with Crippen LogP contribution in [0.25, 0.3) is 11.3 Å². The van der Waals surface area contributed by atoms with E-state index < -0.39 is 0 Å². The van der Waals surface area contributed by atoms with Gasteiger partial charge in [0, 0.05) is 17.0 Å². The number of nitrogens with two attached hydrogens (primary N) is 1. The third-order valence-electron chi connectivity index (χ3n) is 4.61. The minimum Gasteiger partial charge on any atom is -0.469 e. The molecule has 2 aromatic rings. The number of hydrogen-bond donors (Lipinski definition) is 1. The van der Waals surface area contributed by atoms with Crippen LogP contribution < -0.4 is 5.73 Å². The van der Waals surface area contributed by atoms with Gasteiger partial charge in [-0.2, -0.15) is 0 Å². The Morgan fingerprint density at radius 1 is 1.08 bits per heavy atom. The number of carbonyl (C=O) groups is 2. The summed E-state index contributed by atoms with van der Waals surface area (Å²) in [5, 5.41) is 0. The lowest BCUT2D eigenvalue weighted by Crippen LogP contribution is -2.26. The molecule has 1 aromatic heterocycles. The zero-order chi connectivity index (χ0) is 17.1. The summed E-state index contributed by atoms with van der Waals surface area (Å²) in [5.41, 5.74) is 8.60. The number of nitrogens with zero attached hydrogens (tertiary/aromatic N) is 1. The number of nitrogen functional groups attached to an aromatic ring is 1. The van der Waals surface area contributed by atoms with Crippen molar-refractivity contribution in [3.63, 3.8) is 0 Å². The summed E-state index contributed by atoms with van der Waals surface area (Å²) in [6.07, 6.45) is 3.94. The molecular weight excluding hydrogens is 304 g/mol. The number of benzene rings is 1. The smallest absolute Gasteiger partial charge is 0.309 e. The lowest BCUT2D eigenvalue weighted by molar-refractivity contribution is -0.146. The van der Waals surface area contributed by atoms with E-state index in [0.717, 1.165) is 30.5 Å². The number of esters is 1. The molecule has 0 spiro atoms. The lowest BCUT2D eigenvalue weighted by Gasteiger charge is -2.16. The van der Waals surface area contributed by atoms with Gasteiger partial charge in [-0.25, -0.2) is 0 Å². The van der Waals surface area contributed by atoms with E-state index in [4.69, 9.17) is 10.5 Å². The number of Topliss-reactive ketones (excluding diaryl/α,β-unsaturated/α-hetero) is 1. The molecule has 0 amide bonds. The maximum atomic E-state index is 12.7. The summed E-state index contributed by atoms with van der Waals surface area (Å²) in [6, 6.07) is 11.0. The van der Waals surface area contributed by atoms with Crippen LogP contribution in [0.1, 0.15) is 29.6 Å².